The zero-order chi connectivity index (χ0) is 27.4. The molecule has 0 aliphatic rings. The molecule has 1 amide bonds. The lowest BCUT2D eigenvalue weighted by Crippen LogP contribution is -2.39. The van der Waals surface area contributed by atoms with Crippen molar-refractivity contribution >= 4 is 22.8 Å². The van der Waals surface area contributed by atoms with Gasteiger partial charge in [-0.3, -0.25) is 18.7 Å². The van der Waals surface area contributed by atoms with Gasteiger partial charge in [-0.1, -0.05) is 18.2 Å². The summed E-state index contributed by atoms with van der Waals surface area (Å²) < 4.78 is 26.7. The fraction of sp³-hybridized carbons (Fsp3) is 0.214. The average Bonchev–Trinajstić information content (AvgIpc) is 2.93. The number of methoxy groups -OCH3 is 1. The first-order valence-corrected chi connectivity index (χ1v) is 11.8. The predicted octanol–water partition coefficient (Wildman–Crippen LogP) is 3.00. The number of rotatable bonds is 8. The first-order valence-electron chi connectivity index (χ1n) is 11.8. The van der Waals surface area contributed by atoms with E-state index in [4.69, 9.17) is 9.47 Å². The van der Waals surface area contributed by atoms with E-state index in [0.29, 0.717) is 16.8 Å². The third-order valence-electron chi connectivity index (χ3n) is 6.10. The summed E-state index contributed by atoms with van der Waals surface area (Å²) in [5.41, 5.74) is 0.315. The minimum Gasteiger partial charge on any atom is -0.497 e. The van der Waals surface area contributed by atoms with E-state index in [9.17, 15) is 23.6 Å². The number of nitrogens with one attached hydrogen (secondary N) is 1. The molecular formula is C28H26FN3O6. The molecule has 3 aromatic carbocycles. The van der Waals surface area contributed by atoms with Crippen LogP contribution in [0.5, 0.6) is 5.75 Å². The highest BCUT2D eigenvalue weighted by atomic mass is 19.1. The summed E-state index contributed by atoms with van der Waals surface area (Å²) in [6.07, 6.45) is 0. The molecule has 0 radical (unpaired) electrons. The first kappa shape index (κ1) is 26.3. The van der Waals surface area contributed by atoms with Crippen molar-refractivity contribution in [1.29, 1.82) is 0 Å². The summed E-state index contributed by atoms with van der Waals surface area (Å²) in [5.74, 6) is -1.30. The van der Waals surface area contributed by atoms with Crippen LogP contribution in [0.4, 0.5) is 4.39 Å². The molecular weight excluding hydrogens is 493 g/mol. The zero-order valence-corrected chi connectivity index (χ0v) is 21.1. The molecule has 38 heavy (non-hydrogen) atoms. The van der Waals surface area contributed by atoms with Gasteiger partial charge in [-0.25, -0.2) is 14.0 Å². The topological polar surface area (TPSA) is 109 Å². The van der Waals surface area contributed by atoms with Gasteiger partial charge >= 0.3 is 11.7 Å². The number of esters is 1. The first-order chi connectivity index (χ1) is 18.2. The number of nitrogens with zero attached hydrogens (tertiary/aromatic N) is 2. The van der Waals surface area contributed by atoms with E-state index in [-0.39, 0.29) is 42.1 Å². The van der Waals surface area contributed by atoms with Crippen molar-refractivity contribution in [3.05, 3.63) is 110 Å². The number of halogens is 1. The summed E-state index contributed by atoms with van der Waals surface area (Å²) in [7, 11) is 3.08. The number of hydrogen-bond donors (Lipinski definition) is 1. The van der Waals surface area contributed by atoms with E-state index in [0.717, 1.165) is 16.2 Å². The molecule has 10 heteroatoms. The summed E-state index contributed by atoms with van der Waals surface area (Å²) in [6.45, 7) is 1.76. The van der Waals surface area contributed by atoms with Crippen molar-refractivity contribution in [3.8, 4) is 5.75 Å². The quantitative estimate of drug-likeness (QED) is 0.359. The van der Waals surface area contributed by atoms with Gasteiger partial charge in [0.2, 0.25) is 0 Å². The van der Waals surface area contributed by atoms with Crippen molar-refractivity contribution in [1.82, 2.24) is 14.5 Å². The summed E-state index contributed by atoms with van der Waals surface area (Å²) in [6, 6.07) is 15.5. The number of ether oxygens (including phenoxy) is 2. The van der Waals surface area contributed by atoms with Crippen LogP contribution < -0.4 is 21.3 Å². The molecule has 0 atom stereocenters. The predicted molar refractivity (Wildman–Crippen MR) is 139 cm³/mol. The van der Waals surface area contributed by atoms with Crippen LogP contribution in [-0.4, -0.2) is 34.7 Å². The average molecular weight is 520 g/mol. The van der Waals surface area contributed by atoms with Gasteiger partial charge in [0.25, 0.3) is 11.5 Å². The fourth-order valence-electron chi connectivity index (χ4n) is 4.04. The zero-order valence-electron chi connectivity index (χ0n) is 21.1. The highest BCUT2D eigenvalue weighted by Crippen LogP contribution is 2.15. The molecule has 9 nitrogen and oxygen atoms in total. The number of carbonyl (C=O) groups excluding carboxylic acids is 2. The second kappa shape index (κ2) is 11.1. The van der Waals surface area contributed by atoms with Crippen molar-refractivity contribution in [2.45, 2.75) is 20.0 Å². The molecule has 0 fully saturated rings. The van der Waals surface area contributed by atoms with Crippen molar-refractivity contribution in [2.75, 3.05) is 13.7 Å². The van der Waals surface area contributed by atoms with E-state index >= 15 is 0 Å². The van der Waals surface area contributed by atoms with Crippen LogP contribution in [-0.2, 0) is 24.9 Å². The van der Waals surface area contributed by atoms with Crippen LogP contribution in [0.1, 0.15) is 38.8 Å². The Morgan fingerprint density at radius 2 is 1.68 bits per heavy atom. The Labute approximate surface area is 217 Å². The lowest BCUT2D eigenvalue weighted by atomic mass is 10.1. The maximum absolute atomic E-state index is 14.5. The van der Waals surface area contributed by atoms with E-state index in [1.807, 2.05) is 12.1 Å². The maximum Gasteiger partial charge on any atom is 0.341 e. The van der Waals surface area contributed by atoms with Gasteiger partial charge in [-0.05, 0) is 60.5 Å². The molecule has 4 rings (SSSR count). The Hall–Kier alpha value is -4.73. The van der Waals surface area contributed by atoms with E-state index in [1.54, 1.807) is 38.3 Å². The Morgan fingerprint density at radius 3 is 2.34 bits per heavy atom. The number of carbonyl (C=O) groups is 2. The lowest BCUT2D eigenvalue weighted by Gasteiger charge is -2.13. The second-order valence-electron chi connectivity index (χ2n) is 8.53. The van der Waals surface area contributed by atoms with Gasteiger partial charge in [0.1, 0.15) is 11.6 Å². The number of aromatic nitrogens is 2. The third kappa shape index (κ3) is 5.34. The maximum atomic E-state index is 14.5. The normalized spacial score (nSPS) is 10.8. The molecule has 1 heterocycles. The Kier molecular flexibility index (Phi) is 7.71. The number of aryl methyl sites for hydroxylation is 1. The Bertz CT molecular complexity index is 1640. The monoisotopic (exact) mass is 519 g/mol. The number of benzene rings is 3. The van der Waals surface area contributed by atoms with Gasteiger partial charge in [-0.15, -0.1) is 0 Å². The smallest absolute Gasteiger partial charge is 0.341 e. The number of fused-ring (bicyclic) bond motifs is 1. The highest BCUT2D eigenvalue weighted by molar-refractivity contribution is 5.97. The van der Waals surface area contributed by atoms with Gasteiger partial charge in [0.15, 0.2) is 0 Å². The van der Waals surface area contributed by atoms with Crippen LogP contribution in [0.25, 0.3) is 10.9 Å². The molecule has 0 aliphatic heterocycles. The summed E-state index contributed by atoms with van der Waals surface area (Å²) >= 11 is 0. The number of hydrogen-bond acceptors (Lipinski definition) is 6. The van der Waals surface area contributed by atoms with E-state index in [2.05, 4.69) is 5.32 Å². The SMILES string of the molecule is CCOC(=O)c1ccc(Cn2c(=O)c3cc(C(=O)NCc4ccc(OC)cc4)ccc3n(C)c2=O)cc1F. The largest absolute Gasteiger partial charge is 0.497 e. The molecule has 0 unspecified atom stereocenters. The van der Waals surface area contributed by atoms with Crippen molar-refractivity contribution < 1.29 is 23.5 Å². The minimum atomic E-state index is -0.817. The molecule has 0 spiro atoms. The molecule has 1 N–H and O–H groups in total. The lowest BCUT2D eigenvalue weighted by molar-refractivity contribution is 0.0521. The minimum absolute atomic E-state index is 0.101. The van der Waals surface area contributed by atoms with Crippen molar-refractivity contribution in [3.63, 3.8) is 0 Å². The van der Waals surface area contributed by atoms with E-state index < -0.39 is 23.0 Å². The van der Waals surface area contributed by atoms with Gasteiger partial charge in [0, 0.05) is 19.2 Å². The van der Waals surface area contributed by atoms with Gasteiger partial charge < -0.3 is 14.8 Å². The fourth-order valence-corrected chi connectivity index (χ4v) is 4.04. The van der Waals surface area contributed by atoms with Crippen molar-refractivity contribution in [2.24, 2.45) is 7.05 Å². The molecule has 0 saturated heterocycles. The van der Waals surface area contributed by atoms with Crippen LogP contribution in [0.2, 0.25) is 0 Å². The molecule has 0 aliphatic carbocycles. The standard InChI is InChI=1S/C28H26FN3O6/c1-4-38-27(35)21-11-7-18(13-23(21)29)16-32-26(34)22-14-19(8-12-24(22)31(2)28(32)36)25(33)30-15-17-5-9-20(37-3)10-6-17/h5-14H,4,15-16H2,1-3H3,(H,30,33). The molecule has 196 valence electrons. The van der Waals surface area contributed by atoms with Crippen LogP contribution in [0, 0.1) is 5.82 Å². The Morgan fingerprint density at radius 1 is 0.974 bits per heavy atom. The molecule has 0 saturated carbocycles. The van der Waals surface area contributed by atoms with Crippen LogP contribution >= 0.6 is 0 Å². The highest BCUT2D eigenvalue weighted by Gasteiger charge is 2.17. The van der Waals surface area contributed by atoms with Gasteiger partial charge in [0.05, 0.1) is 36.7 Å². The number of amides is 1. The Balaban J connectivity index is 1.62. The van der Waals surface area contributed by atoms with E-state index in [1.165, 1.54) is 29.8 Å². The summed E-state index contributed by atoms with van der Waals surface area (Å²) in [4.78, 5) is 50.9. The molecule has 1 aromatic heterocycles. The molecule has 0 bridgehead atoms. The van der Waals surface area contributed by atoms with Crippen LogP contribution in [0.15, 0.2) is 70.3 Å². The second-order valence-corrected chi connectivity index (χ2v) is 8.53. The van der Waals surface area contributed by atoms with Crippen LogP contribution in [0.3, 0.4) is 0 Å². The summed E-state index contributed by atoms with van der Waals surface area (Å²) in [5, 5.41) is 2.97. The molecule has 4 aromatic rings. The third-order valence-corrected chi connectivity index (χ3v) is 6.10. The van der Waals surface area contributed by atoms with Gasteiger partial charge in [-0.2, -0.15) is 0 Å².